The van der Waals surface area contributed by atoms with Gasteiger partial charge in [0.15, 0.2) is 5.96 Å². The summed E-state index contributed by atoms with van der Waals surface area (Å²) >= 11 is 0. The highest BCUT2D eigenvalue weighted by Gasteiger charge is 2.24. The van der Waals surface area contributed by atoms with Crippen molar-refractivity contribution in [1.29, 1.82) is 0 Å². The van der Waals surface area contributed by atoms with Crippen molar-refractivity contribution < 1.29 is 4.74 Å². The van der Waals surface area contributed by atoms with E-state index in [9.17, 15) is 0 Å². The summed E-state index contributed by atoms with van der Waals surface area (Å²) < 4.78 is 5.53. The normalized spacial score (nSPS) is 22.5. The Kier molecular flexibility index (Phi) is 9.93. The van der Waals surface area contributed by atoms with Gasteiger partial charge in [-0.2, -0.15) is 0 Å². The van der Waals surface area contributed by atoms with Crippen LogP contribution in [0, 0.1) is 5.92 Å². The lowest BCUT2D eigenvalue weighted by Crippen LogP contribution is -2.49. The van der Waals surface area contributed by atoms with Gasteiger partial charge in [-0.1, -0.05) is 24.3 Å². The van der Waals surface area contributed by atoms with Crippen LogP contribution in [0.4, 0.5) is 5.69 Å². The molecule has 172 valence electrons. The summed E-state index contributed by atoms with van der Waals surface area (Å²) in [5.74, 6) is 1.68. The monoisotopic (exact) mass is 539 g/mol. The van der Waals surface area contributed by atoms with Gasteiger partial charge < -0.3 is 25.2 Å². The summed E-state index contributed by atoms with van der Waals surface area (Å²) in [5, 5.41) is 7.09. The number of benzene rings is 1. The number of guanidine groups is 1. The molecule has 4 rings (SSSR count). The lowest BCUT2D eigenvalue weighted by molar-refractivity contribution is 0.150. The molecule has 2 fully saturated rings. The number of hydrogen-bond donors (Lipinski definition) is 2. The minimum Gasteiger partial charge on any atom is -0.381 e. The Hall–Kier alpha value is -1.32. The molecule has 0 aromatic heterocycles. The van der Waals surface area contributed by atoms with Crippen LogP contribution in [-0.4, -0.2) is 69.4 Å². The molecular formula is C24H38IN5O. The van der Waals surface area contributed by atoms with Gasteiger partial charge in [-0.25, -0.2) is 4.99 Å². The van der Waals surface area contributed by atoms with E-state index in [1.54, 1.807) is 0 Å². The minimum absolute atomic E-state index is 0. The Morgan fingerprint density at radius 3 is 2.48 bits per heavy atom. The molecule has 0 amide bonds. The zero-order valence-electron chi connectivity index (χ0n) is 18.8. The Morgan fingerprint density at radius 1 is 1.10 bits per heavy atom. The van der Waals surface area contributed by atoms with Crippen LogP contribution in [0.2, 0.25) is 0 Å². The number of ether oxygens (including phenoxy) is 1. The highest BCUT2D eigenvalue weighted by Crippen LogP contribution is 2.19. The Labute approximate surface area is 204 Å². The van der Waals surface area contributed by atoms with E-state index in [0.29, 0.717) is 12.6 Å². The number of hydrogen-bond acceptors (Lipinski definition) is 4. The molecule has 2 N–H and O–H groups in total. The molecule has 6 nitrogen and oxygen atoms in total. The quantitative estimate of drug-likeness (QED) is 0.241. The Bertz CT molecular complexity index is 701. The summed E-state index contributed by atoms with van der Waals surface area (Å²) in [7, 11) is 0. The lowest BCUT2D eigenvalue weighted by Gasteiger charge is -2.34. The maximum absolute atomic E-state index is 5.53. The predicted octanol–water partition coefficient (Wildman–Crippen LogP) is 3.24. The van der Waals surface area contributed by atoms with Crippen LogP contribution in [0.25, 0.3) is 0 Å². The smallest absolute Gasteiger partial charge is 0.191 e. The van der Waals surface area contributed by atoms with E-state index in [-0.39, 0.29) is 24.0 Å². The van der Waals surface area contributed by atoms with E-state index in [2.05, 4.69) is 63.8 Å². The number of nitrogens with one attached hydrogen (secondary N) is 2. The predicted molar refractivity (Wildman–Crippen MR) is 140 cm³/mol. The van der Waals surface area contributed by atoms with Crippen molar-refractivity contribution >= 4 is 35.6 Å². The van der Waals surface area contributed by atoms with E-state index in [1.165, 1.54) is 50.1 Å². The first-order valence-electron chi connectivity index (χ1n) is 11.6. The molecular weight excluding hydrogens is 501 g/mol. The maximum Gasteiger partial charge on any atom is 0.191 e. The molecule has 2 saturated heterocycles. The van der Waals surface area contributed by atoms with E-state index in [0.717, 1.165) is 44.7 Å². The standard InChI is InChI=1S/C24H37N5O.HI/c1-2-25-24(26-17-20-5-7-23(8-6-20)29-12-3-4-13-29)27-22-9-14-28(15-10-22)18-21-11-16-30-19-21;/h3-8,21-22H,2,9-19H2,1H3,(H2,25,26,27);1H. The van der Waals surface area contributed by atoms with Crippen LogP contribution >= 0.6 is 24.0 Å². The molecule has 31 heavy (non-hydrogen) atoms. The number of rotatable bonds is 7. The van der Waals surface area contributed by atoms with Crippen LogP contribution in [-0.2, 0) is 11.3 Å². The minimum atomic E-state index is 0. The first-order valence-corrected chi connectivity index (χ1v) is 11.6. The zero-order chi connectivity index (χ0) is 20.6. The molecule has 0 aliphatic carbocycles. The van der Waals surface area contributed by atoms with Crippen LogP contribution < -0.4 is 15.5 Å². The molecule has 3 aliphatic rings. The molecule has 1 atom stereocenters. The van der Waals surface area contributed by atoms with Gasteiger partial charge in [0.05, 0.1) is 13.2 Å². The second-order valence-electron chi connectivity index (χ2n) is 8.69. The maximum atomic E-state index is 5.53. The van der Waals surface area contributed by atoms with Crippen molar-refractivity contribution in [2.75, 3.05) is 57.4 Å². The van der Waals surface area contributed by atoms with Crippen molar-refractivity contribution in [2.45, 2.75) is 38.8 Å². The molecule has 3 aliphatic heterocycles. The van der Waals surface area contributed by atoms with Gasteiger partial charge >= 0.3 is 0 Å². The van der Waals surface area contributed by atoms with Crippen molar-refractivity contribution in [1.82, 2.24) is 15.5 Å². The van der Waals surface area contributed by atoms with Gasteiger partial charge in [0.2, 0.25) is 0 Å². The first-order chi connectivity index (χ1) is 14.8. The van der Waals surface area contributed by atoms with E-state index < -0.39 is 0 Å². The number of nitrogens with zero attached hydrogens (tertiary/aromatic N) is 3. The molecule has 1 aromatic carbocycles. The average molecular weight is 540 g/mol. The van der Waals surface area contributed by atoms with Gasteiger partial charge in [-0.3, -0.25) is 0 Å². The van der Waals surface area contributed by atoms with Crippen molar-refractivity contribution in [2.24, 2.45) is 10.9 Å². The third-order valence-electron chi connectivity index (χ3n) is 6.35. The largest absolute Gasteiger partial charge is 0.381 e. The molecule has 1 aromatic rings. The van der Waals surface area contributed by atoms with Gasteiger partial charge in [-0.15, -0.1) is 24.0 Å². The van der Waals surface area contributed by atoms with Crippen LogP contribution in [0.3, 0.4) is 0 Å². The second-order valence-corrected chi connectivity index (χ2v) is 8.69. The highest BCUT2D eigenvalue weighted by atomic mass is 127. The summed E-state index contributed by atoms with van der Waals surface area (Å²) in [6, 6.07) is 9.33. The topological polar surface area (TPSA) is 52.1 Å². The molecule has 7 heteroatoms. The summed E-state index contributed by atoms with van der Waals surface area (Å²) in [5.41, 5.74) is 2.53. The van der Waals surface area contributed by atoms with E-state index in [1.807, 2.05) is 0 Å². The third kappa shape index (κ3) is 7.36. The fraction of sp³-hybridized carbons (Fsp3) is 0.625. The van der Waals surface area contributed by atoms with Gasteiger partial charge in [0, 0.05) is 57.6 Å². The SMILES string of the molecule is CCNC(=NCc1ccc(N2CC=CC2)cc1)NC1CCN(CC2CCOC2)CC1.I. The van der Waals surface area contributed by atoms with E-state index in [4.69, 9.17) is 9.73 Å². The number of aliphatic imine (C=N–C) groups is 1. The number of piperidine rings is 1. The van der Waals surface area contributed by atoms with Gasteiger partial charge in [-0.05, 0) is 49.8 Å². The highest BCUT2D eigenvalue weighted by molar-refractivity contribution is 14.0. The summed E-state index contributed by atoms with van der Waals surface area (Å²) in [6.45, 7) is 11.2. The summed E-state index contributed by atoms with van der Waals surface area (Å²) in [6.07, 6.45) is 8.03. The lowest BCUT2D eigenvalue weighted by atomic mass is 10.0. The molecule has 3 heterocycles. The van der Waals surface area contributed by atoms with E-state index >= 15 is 0 Å². The van der Waals surface area contributed by atoms with Crippen molar-refractivity contribution in [3.8, 4) is 0 Å². The third-order valence-corrected chi connectivity index (χ3v) is 6.35. The fourth-order valence-electron chi connectivity index (χ4n) is 4.54. The fourth-order valence-corrected chi connectivity index (χ4v) is 4.54. The summed E-state index contributed by atoms with van der Waals surface area (Å²) in [4.78, 5) is 9.82. The zero-order valence-corrected chi connectivity index (χ0v) is 21.1. The van der Waals surface area contributed by atoms with Crippen molar-refractivity contribution in [3.05, 3.63) is 42.0 Å². The van der Waals surface area contributed by atoms with Crippen LogP contribution in [0.15, 0.2) is 41.4 Å². The Balaban J connectivity index is 0.00000272. The number of likely N-dealkylation sites (tertiary alicyclic amines) is 1. The molecule has 1 unspecified atom stereocenters. The van der Waals surface area contributed by atoms with Crippen LogP contribution in [0.5, 0.6) is 0 Å². The number of halogens is 1. The first kappa shape index (κ1) is 24.3. The second kappa shape index (κ2) is 12.6. The molecule has 0 spiro atoms. The average Bonchev–Trinajstić information content (AvgIpc) is 3.48. The number of anilines is 1. The Morgan fingerprint density at radius 2 is 1.84 bits per heavy atom. The molecule has 0 radical (unpaired) electrons. The van der Waals surface area contributed by atoms with Crippen LogP contribution in [0.1, 0.15) is 31.7 Å². The van der Waals surface area contributed by atoms with Gasteiger partial charge in [0.1, 0.15) is 0 Å². The van der Waals surface area contributed by atoms with Gasteiger partial charge in [0.25, 0.3) is 0 Å². The molecule has 0 saturated carbocycles. The van der Waals surface area contributed by atoms with Crippen molar-refractivity contribution in [3.63, 3.8) is 0 Å². The molecule has 0 bridgehead atoms.